The molecule has 0 aliphatic rings. The van der Waals surface area contributed by atoms with Crippen molar-refractivity contribution in [2.75, 3.05) is 24.2 Å². The summed E-state index contributed by atoms with van der Waals surface area (Å²) in [7, 11) is -2.05. The van der Waals surface area contributed by atoms with Crippen LogP contribution in [-0.4, -0.2) is 34.2 Å². The zero-order chi connectivity index (χ0) is 20.0. The molecule has 146 valence electrons. The van der Waals surface area contributed by atoms with Gasteiger partial charge in [0.1, 0.15) is 12.3 Å². The van der Waals surface area contributed by atoms with Crippen LogP contribution in [0.3, 0.4) is 0 Å². The molecule has 0 saturated heterocycles. The van der Waals surface area contributed by atoms with Gasteiger partial charge in [-0.15, -0.1) is 0 Å². The van der Waals surface area contributed by atoms with E-state index in [9.17, 15) is 13.2 Å². The Morgan fingerprint density at radius 1 is 1.11 bits per heavy atom. The summed E-state index contributed by atoms with van der Waals surface area (Å²) in [4.78, 5) is 12.5. The summed E-state index contributed by atoms with van der Waals surface area (Å²) in [6.07, 6.45) is 1.11. The summed E-state index contributed by atoms with van der Waals surface area (Å²) in [6, 6.07) is 14.6. The topological polar surface area (TPSA) is 75.7 Å². The van der Waals surface area contributed by atoms with Crippen LogP contribution in [0.25, 0.3) is 0 Å². The predicted octanol–water partition coefficient (Wildman–Crippen LogP) is 2.90. The molecule has 27 heavy (non-hydrogen) atoms. The second-order valence-corrected chi connectivity index (χ2v) is 8.48. The standard InChI is InChI=1S/C20H26N2O4S/c1-15(2)17-10-6-7-11-18(17)22(27(4,24)25)14-20(23)21-13-16-9-5-8-12-19(16)26-3/h5-12,15H,13-14H2,1-4H3,(H,21,23). The van der Waals surface area contributed by atoms with Crippen LogP contribution >= 0.6 is 0 Å². The van der Waals surface area contributed by atoms with Gasteiger partial charge >= 0.3 is 0 Å². The lowest BCUT2D eigenvalue weighted by Gasteiger charge is -2.25. The summed E-state index contributed by atoms with van der Waals surface area (Å²) >= 11 is 0. The lowest BCUT2D eigenvalue weighted by molar-refractivity contribution is -0.119. The molecule has 7 heteroatoms. The Kier molecular flexibility index (Phi) is 6.85. The van der Waals surface area contributed by atoms with E-state index in [1.54, 1.807) is 19.2 Å². The van der Waals surface area contributed by atoms with Crippen molar-refractivity contribution in [1.29, 1.82) is 0 Å². The van der Waals surface area contributed by atoms with Crippen molar-refractivity contribution < 1.29 is 17.9 Å². The molecule has 2 aromatic carbocycles. The Labute approximate surface area is 161 Å². The van der Waals surface area contributed by atoms with Crippen LogP contribution in [-0.2, 0) is 21.4 Å². The largest absolute Gasteiger partial charge is 0.496 e. The molecule has 0 fully saturated rings. The van der Waals surface area contributed by atoms with E-state index in [2.05, 4.69) is 5.32 Å². The Balaban J connectivity index is 2.19. The van der Waals surface area contributed by atoms with Gasteiger partial charge in [0, 0.05) is 12.1 Å². The van der Waals surface area contributed by atoms with Gasteiger partial charge in [0.2, 0.25) is 15.9 Å². The van der Waals surface area contributed by atoms with E-state index in [1.807, 2.05) is 50.2 Å². The molecule has 1 amide bonds. The number of anilines is 1. The SMILES string of the molecule is COc1ccccc1CNC(=O)CN(c1ccccc1C(C)C)S(C)(=O)=O. The fourth-order valence-electron chi connectivity index (χ4n) is 2.81. The average Bonchev–Trinajstić information content (AvgIpc) is 2.63. The molecule has 0 radical (unpaired) electrons. The minimum Gasteiger partial charge on any atom is -0.496 e. The fourth-order valence-corrected chi connectivity index (χ4v) is 3.69. The summed E-state index contributed by atoms with van der Waals surface area (Å²) in [5.41, 5.74) is 2.23. The zero-order valence-corrected chi connectivity index (χ0v) is 16.9. The van der Waals surface area contributed by atoms with Gasteiger partial charge in [-0.05, 0) is 23.6 Å². The fraction of sp³-hybridized carbons (Fsp3) is 0.350. The number of rotatable bonds is 8. The van der Waals surface area contributed by atoms with Crippen molar-refractivity contribution in [3.05, 3.63) is 59.7 Å². The van der Waals surface area contributed by atoms with Crippen LogP contribution in [0.2, 0.25) is 0 Å². The van der Waals surface area contributed by atoms with Crippen molar-refractivity contribution in [2.45, 2.75) is 26.3 Å². The number of ether oxygens (including phenoxy) is 1. The second kappa shape index (κ2) is 8.90. The summed E-state index contributed by atoms with van der Waals surface area (Å²) < 4.78 is 31.1. The normalized spacial score (nSPS) is 11.3. The van der Waals surface area contributed by atoms with E-state index in [0.717, 1.165) is 21.7 Å². The highest BCUT2D eigenvalue weighted by atomic mass is 32.2. The van der Waals surface area contributed by atoms with Gasteiger partial charge in [-0.3, -0.25) is 9.10 Å². The third-order valence-electron chi connectivity index (χ3n) is 4.18. The first kappa shape index (κ1) is 20.8. The van der Waals surface area contributed by atoms with Gasteiger partial charge in [0.15, 0.2) is 0 Å². The monoisotopic (exact) mass is 390 g/mol. The molecule has 2 rings (SSSR count). The Bertz CT molecular complexity index is 894. The third kappa shape index (κ3) is 5.47. The molecule has 6 nitrogen and oxygen atoms in total. The lowest BCUT2D eigenvalue weighted by atomic mass is 10.0. The molecule has 0 aliphatic heterocycles. The van der Waals surface area contributed by atoms with Gasteiger partial charge in [0.25, 0.3) is 0 Å². The number of amides is 1. The van der Waals surface area contributed by atoms with E-state index in [0.29, 0.717) is 11.4 Å². The Morgan fingerprint density at radius 2 is 1.74 bits per heavy atom. The maximum absolute atomic E-state index is 12.5. The summed E-state index contributed by atoms with van der Waals surface area (Å²) in [5, 5.41) is 2.77. The Morgan fingerprint density at radius 3 is 2.37 bits per heavy atom. The molecule has 0 bridgehead atoms. The van der Waals surface area contributed by atoms with Crippen LogP contribution in [0.4, 0.5) is 5.69 Å². The van der Waals surface area contributed by atoms with Crippen LogP contribution in [0, 0.1) is 0 Å². The highest BCUT2D eigenvalue weighted by Crippen LogP contribution is 2.28. The molecule has 0 unspecified atom stereocenters. The van der Waals surface area contributed by atoms with E-state index in [1.165, 1.54) is 0 Å². The molecular formula is C20H26N2O4S. The maximum Gasteiger partial charge on any atom is 0.241 e. The van der Waals surface area contributed by atoms with E-state index in [4.69, 9.17) is 4.74 Å². The first-order chi connectivity index (χ1) is 12.7. The number of carbonyl (C=O) groups excluding carboxylic acids is 1. The molecule has 0 aromatic heterocycles. The average molecular weight is 391 g/mol. The molecule has 0 aliphatic carbocycles. The number of nitrogens with zero attached hydrogens (tertiary/aromatic N) is 1. The first-order valence-electron chi connectivity index (χ1n) is 8.69. The van der Waals surface area contributed by atoms with Gasteiger partial charge in [0.05, 0.1) is 19.1 Å². The lowest BCUT2D eigenvalue weighted by Crippen LogP contribution is -2.40. The molecule has 0 spiro atoms. The molecule has 2 aromatic rings. The van der Waals surface area contributed by atoms with Crippen molar-refractivity contribution in [3.63, 3.8) is 0 Å². The van der Waals surface area contributed by atoms with Crippen molar-refractivity contribution in [3.8, 4) is 5.75 Å². The molecule has 0 saturated carbocycles. The highest BCUT2D eigenvalue weighted by Gasteiger charge is 2.23. The van der Waals surface area contributed by atoms with Gasteiger partial charge in [-0.1, -0.05) is 50.2 Å². The minimum atomic E-state index is -3.62. The van der Waals surface area contributed by atoms with Crippen LogP contribution in [0.5, 0.6) is 5.75 Å². The van der Waals surface area contributed by atoms with Gasteiger partial charge < -0.3 is 10.1 Å². The third-order valence-corrected chi connectivity index (χ3v) is 5.31. The molecule has 0 atom stereocenters. The maximum atomic E-state index is 12.5. The predicted molar refractivity (Wildman–Crippen MR) is 108 cm³/mol. The summed E-state index contributed by atoms with van der Waals surface area (Å²) in [5.74, 6) is 0.412. The van der Waals surface area contributed by atoms with E-state index >= 15 is 0 Å². The van der Waals surface area contributed by atoms with E-state index < -0.39 is 10.0 Å². The number of hydrogen-bond donors (Lipinski definition) is 1. The zero-order valence-electron chi connectivity index (χ0n) is 16.1. The number of benzene rings is 2. The molecule has 1 N–H and O–H groups in total. The second-order valence-electron chi connectivity index (χ2n) is 6.57. The van der Waals surface area contributed by atoms with Gasteiger partial charge in [-0.2, -0.15) is 0 Å². The highest BCUT2D eigenvalue weighted by molar-refractivity contribution is 7.92. The summed E-state index contributed by atoms with van der Waals surface area (Å²) in [6.45, 7) is 3.95. The number of carbonyl (C=O) groups is 1. The molecular weight excluding hydrogens is 364 g/mol. The van der Waals surface area contributed by atoms with Crippen LogP contribution in [0.1, 0.15) is 30.9 Å². The van der Waals surface area contributed by atoms with Gasteiger partial charge in [-0.25, -0.2) is 8.42 Å². The number of sulfonamides is 1. The van der Waals surface area contributed by atoms with Crippen LogP contribution in [0.15, 0.2) is 48.5 Å². The number of hydrogen-bond acceptors (Lipinski definition) is 4. The quantitative estimate of drug-likeness (QED) is 0.752. The minimum absolute atomic E-state index is 0.127. The number of para-hydroxylation sites is 2. The van der Waals surface area contributed by atoms with Crippen LogP contribution < -0.4 is 14.4 Å². The smallest absolute Gasteiger partial charge is 0.241 e. The number of methoxy groups -OCH3 is 1. The van der Waals surface area contributed by atoms with Crippen molar-refractivity contribution in [1.82, 2.24) is 5.32 Å². The number of nitrogens with one attached hydrogen (secondary N) is 1. The van der Waals surface area contributed by atoms with Crippen molar-refractivity contribution in [2.24, 2.45) is 0 Å². The first-order valence-corrected chi connectivity index (χ1v) is 10.5. The van der Waals surface area contributed by atoms with Crippen molar-refractivity contribution >= 4 is 21.6 Å². The molecule has 0 heterocycles. The van der Waals surface area contributed by atoms with E-state index in [-0.39, 0.29) is 24.9 Å². The Hall–Kier alpha value is -2.54.